The number of hydrogen-bond donors (Lipinski definition) is 0. The van der Waals surface area contributed by atoms with Gasteiger partial charge in [0.15, 0.2) is 5.78 Å². The summed E-state index contributed by atoms with van der Waals surface area (Å²) in [7, 11) is -3.62. The average molecular weight is 433 g/mol. The van der Waals surface area contributed by atoms with Crippen LogP contribution in [0, 0.1) is 0 Å². The number of benzene rings is 2. The number of carbonyl (C=O) groups is 1. The van der Waals surface area contributed by atoms with Gasteiger partial charge in [0, 0.05) is 44.2 Å². The third-order valence-corrected chi connectivity index (χ3v) is 8.45. The number of hydrogen-bond acceptors (Lipinski definition) is 4. The van der Waals surface area contributed by atoms with Crippen LogP contribution in [0.5, 0.6) is 0 Å². The zero-order valence-electron chi connectivity index (χ0n) is 16.5. The molecule has 0 saturated heterocycles. The van der Waals surface area contributed by atoms with Gasteiger partial charge < -0.3 is 0 Å². The molecule has 0 spiro atoms. The van der Waals surface area contributed by atoms with E-state index < -0.39 is 10.0 Å². The highest BCUT2D eigenvalue weighted by Gasteiger charge is 2.37. The summed E-state index contributed by atoms with van der Waals surface area (Å²) in [5.74, 6) is 0.218. The van der Waals surface area contributed by atoms with E-state index in [1.54, 1.807) is 24.3 Å². The second-order valence-electron chi connectivity index (χ2n) is 7.59. The van der Waals surface area contributed by atoms with E-state index in [-0.39, 0.29) is 21.7 Å². The lowest BCUT2D eigenvalue weighted by molar-refractivity contribution is 0.0947. The van der Waals surface area contributed by atoms with Crippen molar-refractivity contribution in [2.45, 2.75) is 37.1 Å². The van der Waals surface area contributed by atoms with Crippen LogP contribution in [0.15, 0.2) is 47.4 Å². The summed E-state index contributed by atoms with van der Waals surface area (Å²) in [5.41, 5.74) is 3.35. The quantitative estimate of drug-likeness (QED) is 0.665. The Labute approximate surface area is 177 Å². The number of rotatable bonds is 7. The number of Topliss-reactive ketones (excluding diaryl/α,β-unsaturated/α-hetero) is 1. The molecule has 2 aromatic carbocycles. The van der Waals surface area contributed by atoms with E-state index in [4.69, 9.17) is 11.6 Å². The SMILES string of the molecule is CCN(CCCN1CCc2cccc3c2C1CC3=O)S(=O)(=O)c1ccccc1Cl. The predicted molar refractivity (Wildman–Crippen MR) is 114 cm³/mol. The summed E-state index contributed by atoms with van der Waals surface area (Å²) in [6, 6.07) is 12.7. The van der Waals surface area contributed by atoms with Crippen molar-refractivity contribution >= 4 is 27.4 Å². The van der Waals surface area contributed by atoms with Gasteiger partial charge in [0.05, 0.1) is 5.02 Å². The second kappa shape index (κ2) is 8.19. The maximum absolute atomic E-state index is 13.0. The summed E-state index contributed by atoms with van der Waals surface area (Å²) < 4.78 is 27.5. The molecule has 2 aromatic rings. The molecule has 29 heavy (non-hydrogen) atoms. The van der Waals surface area contributed by atoms with Crippen LogP contribution in [0.25, 0.3) is 0 Å². The molecule has 0 fully saturated rings. The zero-order valence-corrected chi connectivity index (χ0v) is 18.0. The molecule has 0 radical (unpaired) electrons. The normalized spacial score (nSPS) is 19.0. The summed E-state index contributed by atoms with van der Waals surface area (Å²) in [6.45, 7) is 4.32. The lowest BCUT2D eigenvalue weighted by Crippen LogP contribution is -2.38. The average Bonchev–Trinajstić information content (AvgIpc) is 3.05. The minimum absolute atomic E-state index is 0.137. The molecule has 1 aliphatic heterocycles. The van der Waals surface area contributed by atoms with E-state index in [1.807, 2.05) is 19.1 Å². The monoisotopic (exact) mass is 432 g/mol. The van der Waals surface area contributed by atoms with Gasteiger partial charge in [0.2, 0.25) is 10.0 Å². The Morgan fingerprint density at radius 3 is 2.72 bits per heavy atom. The first-order valence-corrected chi connectivity index (χ1v) is 11.9. The highest BCUT2D eigenvalue weighted by molar-refractivity contribution is 7.89. The Morgan fingerprint density at radius 2 is 1.97 bits per heavy atom. The van der Waals surface area contributed by atoms with Crippen molar-refractivity contribution in [3.8, 4) is 0 Å². The minimum Gasteiger partial charge on any atom is -0.295 e. The smallest absolute Gasteiger partial charge is 0.244 e. The van der Waals surface area contributed by atoms with Gasteiger partial charge >= 0.3 is 0 Å². The summed E-state index contributed by atoms with van der Waals surface area (Å²) in [4.78, 5) is 14.9. The van der Waals surface area contributed by atoms with Crippen LogP contribution in [0.3, 0.4) is 0 Å². The Morgan fingerprint density at radius 1 is 1.17 bits per heavy atom. The van der Waals surface area contributed by atoms with Gasteiger partial charge in [-0.1, -0.05) is 48.9 Å². The first kappa shape index (κ1) is 20.5. The van der Waals surface area contributed by atoms with Crippen LogP contribution in [0.2, 0.25) is 5.02 Å². The van der Waals surface area contributed by atoms with Crippen molar-refractivity contribution in [2.24, 2.45) is 0 Å². The molecule has 0 N–H and O–H groups in total. The fourth-order valence-corrected chi connectivity index (χ4v) is 6.53. The lowest BCUT2D eigenvalue weighted by atomic mass is 9.93. The number of halogens is 1. The van der Waals surface area contributed by atoms with Crippen molar-refractivity contribution < 1.29 is 13.2 Å². The van der Waals surface area contributed by atoms with E-state index in [1.165, 1.54) is 15.4 Å². The number of carbonyl (C=O) groups excluding carboxylic acids is 1. The van der Waals surface area contributed by atoms with Crippen LogP contribution < -0.4 is 0 Å². The Bertz CT molecular complexity index is 1040. The number of sulfonamides is 1. The summed E-state index contributed by atoms with van der Waals surface area (Å²) in [5, 5.41) is 0.246. The van der Waals surface area contributed by atoms with Crippen LogP contribution in [0.1, 0.15) is 47.3 Å². The molecule has 4 rings (SSSR count). The highest BCUT2D eigenvalue weighted by atomic mass is 35.5. The molecule has 0 saturated carbocycles. The standard InChI is InChI=1S/C22H25ClN2O3S/c1-2-25(29(27,28)21-10-4-3-9-18(21)23)13-6-12-24-14-11-16-7-5-8-17-20(26)15-19(24)22(16)17/h3-5,7-10,19H,2,6,11-15H2,1H3. The van der Waals surface area contributed by atoms with Crippen LogP contribution in [0.4, 0.5) is 0 Å². The maximum atomic E-state index is 13.0. The number of ketones is 1. The van der Waals surface area contributed by atoms with Crippen molar-refractivity contribution in [1.82, 2.24) is 9.21 Å². The van der Waals surface area contributed by atoms with E-state index >= 15 is 0 Å². The molecule has 154 valence electrons. The third kappa shape index (κ3) is 3.75. The molecule has 0 aromatic heterocycles. The van der Waals surface area contributed by atoms with E-state index in [0.29, 0.717) is 25.9 Å². The molecule has 5 nitrogen and oxygen atoms in total. The van der Waals surface area contributed by atoms with Gasteiger partial charge in [-0.25, -0.2) is 8.42 Å². The predicted octanol–water partition coefficient (Wildman–Crippen LogP) is 3.93. The molecular formula is C22H25ClN2O3S. The molecule has 7 heteroatoms. The Hall–Kier alpha value is -1.73. The van der Waals surface area contributed by atoms with Gasteiger partial charge in [0.25, 0.3) is 0 Å². The maximum Gasteiger partial charge on any atom is 0.244 e. The Kier molecular flexibility index (Phi) is 5.80. The van der Waals surface area contributed by atoms with Gasteiger partial charge in [-0.3, -0.25) is 9.69 Å². The topological polar surface area (TPSA) is 57.7 Å². The molecule has 2 aliphatic rings. The van der Waals surface area contributed by atoms with Crippen LogP contribution >= 0.6 is 11.6 Å². The molecule has 1 atom stereocenters. The first-order valence-electron chi connectivity index (χ1n) is 10.1. The van der Waals surface area contributed by atoms with Gasteiger partial charge in [0.1, 0.15) is 4.90 Å². The number of nitrogens with zero attached hydrogens (tertiary/aromatic N) is 2. The van der Waals surface area contributed by atoms with Gasteiger partial charge in [-0.2, -0.15) is 4.31 Å². The fraction of sp³-hybridized carbons (Fsp3) is 0.409. The van der Waals surface area contributed by atoms with Gasteiger partial charge in [-0.15, -0.1) is 0 Å². The second-order valence-corrected chi connectivity index (χ2v) is 9.90. The van der Waals surface area contributed by atoms with Crippen molar-refractivity contribution in [1.29, 1.82) is 0 Å². The molecular weight excluding hydrogens is 408 g/mol. The molecule has 0 bridgehead atoms. The fourth-order valence-electron chi connectivity index (χ4n) is 4.55. The van der Waals surface area contributed by atoms with Crippen molar-refractivity contribution in [3.63, 3.8) is 0 Å². The van der Waals surface area contributed by atoms with Gasteiger partial charge in [-0.05, 0) is 36.1 Å². The van der Waals surface area contributed by atoms with Crippen LogP contribution in [-0.4, -0.2) is 49.6 Å². The highest BCUT2D eigenvalue weighted by Crippen LogP contribution is 2.41. The molecule has 1 aliphatic carbocycles. The summed E-state index contributed by atoms with van der Waals surface area (Å²) >= 11 is 6.12. The summed E-state index contributed by atoms with van der Waals surface area (Å²) in [6.07, 6.45) is 2.17. The van der Waals surface area contributed by atoms with E-state index in [2.05, 4.69) is 11.0 Å². The van der Waals surface area contributed by atoms with Crippen molar-refractivity contribution in [2.75, 3.05) is 26.2 Å². The van der Waals surface area contributed by atoms with E-state index in [9.17, 15) is 13.2 Å². The molecule has 0 amide bonds. The third-order valence-electron chi connectivity index (χ3n) is 5.98. The minimum atomic E-state index is -3.62. The molecule has 1 heterocycles. The van der Waals surface area contributed by atoms with Crippen molar-refractivity contribution in [3.05, 3.63) is 64.2 Å². The lowest BCUT2D eigenvalue weighted by Gasteiger charge is -2.35. The van der Waals surface area contributed by atoms with E-state index in [0.717, 1.165) is 25.1 Å². The Balaban J connectivity index is 1.44. The largest absolute Gasteiger partial charge is 0.295 e. The first-order chi connectivity index (χ1) is 13.9. The van der Waals surface area contributed by atoms with Crippen LogP contribution in [-0.2, 0) is 16.4 Å². The zero-order chi connectivity index (χ0) is 20.6. The molecule has 1 unspecified atom stereocenters.